The van der Waals surface area contributed by atoms with Crippen molar-refractivity contribution < 1.29 is 18.9 Å². The number of anilines is 6. The van der Waals surface area contributed by atoms with Gasteiger partial charge in [-0.05, 0) is 178 Å². The third-order valence-electron chi connectivity index (χ3n) is 14.7. The van der Waals surface area contributed by atoms with Crippen LogP contribution in [-0.4, -0.2) is 38.4 Å². The lowest BCUT2D eigenvalue weighted by Crippen LogP contribution is -2.08. The first-order chi connectivity index (χ1) is 38.9. The molecule has 6 aromatic heterocycles. The largest absolute Gasteiger partial charge is 0.497 e. The van der Waals surface area contributed by atoms with Gasteiger partial charge < -0.3 is 28.7 Å². The molecule has 8 nitrogen and oxygen atoms in total. The Balaban J connectivity index is 0.866. The fourth-order valence-electron chi connectivity index (χ4n) is 10.8. The van der Waals surface area contributed by atoms with Crippen molar-refractivity contribution >= 4 is 173 Å². The Morgan fingerprint density at radius 2 is 0.608 bits per heavy atom. The number of benzene rings is 9. The van der Waals surface area contributed by atoms with E-state index in [1.165, 1.54) is 60.9 Å². The summed E-state index contributed by atoms with van der Waals surface area (Å²) in [6.45, 7) is 0. The zero-order chi connectivity index (χ0) is 52.9. The zero-order valence-electron chi connectivity index (χ0n) is 42.9. The molecule has 382 valence electrons. The molecule has 0 saturated carbocycles. The van der Waals surface area contributed by atoms with Gasteiger partial charge in [0.15, 0.2) is 0 Å². The summed E-state index contributed by atoms with van der Waals surface area (Å²) < 4.78 is 27.0. The molecule has 0 aliphatic rings. The summed E-state index contributed by atoms with van der Waals surface area (Å²) in [5.74, 6) is 3.26. The molecule has 9 aromatic carbocycles. The van der Waals surface area contributed by atoms with Gasteiger partial charge in [-0.3, -0.25) is 0 Å². The Morgan fingerprint density at radius 3 is 0.937 bits per heavy atom. The van der Waals surface area contributed by atoms with Gasteiger partial charge in [-0.1, -0.05) is 48.5 Å². The molecule has 0 radical (unpaired) electrons. The standard InChI is InChI=1S/C66H44N4O4S5/c1-71-45-21-13-41(14-22-45)69(42-15-23-46(72-2)24-16-42)59-35-39-31-53-37(29-55(39)77-59)33-57(75-53)65-63-64(68-62-52-12-8-6-10-50(52)49-9-5-7-11-51(49)61(62)67-63)66(79-65)58-34-38-30-56-40(32-54(38)76-58)36-60(78-56)70(43-17-25-47(73-3)26-18-43)44-19-27-48(74-4)28-20-44/h5-36H,1-4H3. The van der Waals surface area contributed by atoms with Gasteiger partial charge in [0.1, 0.15) is 44.0 Å². The molecule has 0 amide bonds. The van der Waals surface area contributed by atoms with Gasteiger partial charge in [-0.25, -0.2) is 9.97 Å². The fourth-order valence-corrected chi connectivity index (χ4v) is 16.6. The van der Waals surface area contributed by atoms with Crippen molar-refractivity contribution in [2.24, 2.45) is 0 Å². The van der Waals surface area contributed by atoms with E-state index >= 15 is 0 Å². The first kappa shape index (κ1) is 47.6. The highest BCUT2D eigenvalue weighted by Gasteiger charge is 2.25. The molecule has 13 heteroatoms. The summed E-state index contributed by atoms with van der Waals surface area (Å²) in [6.07, 6.45) is 0. The van der Waals surface area contributed by atoms with Crippen LogP contribution in [0.1, 0.15) is 0 Å². The molecule has 0 aliphatic heterocycles. The molecule has 0 unspecified atom stereocenters. The van der Waals surface area contributed by atoms with Crippen LogP contribution in [0.4, 0.5) is 32.8 Å². The summed E-state index contributed by atoms with van der Waals surface area (Å²) in [4.78, 5) is 20.6. The molecule has 0 aliphatic carbocycles. The van der Waals surface area contributed by atoms with Crippen LogP contribution in [0.3, 0.4) is 0 Å². The van der Waals surface area contributed by atoms with Gasteiger partial charge >= 0.3 is 0 Å². The number of hydrogen-bond acceptors (Lipinski definition) is 13. The molecule has 0 atom stereocenters. The molecule has 0 saturated heterocycles. The van der Waals surface area contributed by atoms with Crippen LogP contribution in [0, 0.1) is 0 Å². The number of nitrogens with zero attached hydrogens (tertiary/aromatic N) is 4. The number of aromatic nitrogens is 2. The quantitative estimate of drug-likeness (QED) is 0.112. The lowest BCUT2D eigenvalue weighted by molar-refractivity contribution is 0.414. The second-order valence-corrected chi connectivity index (χ2v) is 24.5. The topological polar surface area (TPSA) is 69.2 Å². The number of methoxy groups -OCH3 is 4. The maximum atomic E-state index is 5.71. The summed E-state index contributed by atoms with van der Waals surface area (Å²) in [7, 11) is 6.79. The zero-order valence-corrected chi connectivity index (χ0v) is 47.0. The molecule has 0 bridgehead atoms. The smallest absolute Gasteiger partial charge is 0.119 e. The third-order valence-corrected chi connectivity index (χ3v) is 20.6. The van der Waals surface area contributed by atoms with E-state index in [-0.39, 0.29) is 0 Å². The van der Waals surface area contributed by atoms with Gasteiger partial charge in [-0.15, -0.1) is 56.7 Å². The molecule has 0 spiro atoms. The number of ether oxygens (including phenoxy) is 4. The average molecular weight is 1120 g/mol. The minimum atomic E-state index is 0.816. The molecular weight excluding hydrogens is 1070 g/mol. The lowest BCUT2D eigenvalue weighted by atomic mass is 9.99. The Hall–Kier alpha value is -8.56. The predicted octanol–water partition coefficient (Wildman–Crippen LogP) is 20.3. The second-order valence-electron chi connectivity index (χ2n) is 19.2. The number of hydrogen-bond donors (Lipinski definition) is 0. The van der Waals surface area contributed by atoms with Crippen LogP contribution in [0.2, 0.25) is 0 Å². The van der Waals surface area contributed by atoms with Crippen molar-refractivity contribution in [2.45, 2.75) is 0 Å². The Morgan fingerprint density at radius 1 is 0.304 bits per heavy atom. The number of rotatable bonds is 12. The molecular formula is C66H44N4O4S5. The van der Waals surface area contributed by atoms with E-state index in [1.54, 1.807) is 51.1 Å². The Kier molecular flexibility index (Phi) is 11.5. The van der Waals surface area contributed by atoms with E-state index in [9.17, 15) is 0 Å². The van der Waals surface area contributed by atoms with Crippen LogP contribution < -0.4 is 28.7 Å². The van der Waals surface area contributed by atoms with E-state index in [4.69, 9.17) is 28.9 Å². The number of thiophene rings is 5. The van der Waals surface area contributed by atoms with Crippen molar-refractivity contribution in [1.82, 2.24) is 9.97 Å². The van der Waals surface area contributed by atoms with E-state index in [2.05, 4.69) is 155 Å². The van der Waals surface area contributed by atoms with Crippen molar-refractivity contribution in [3.8, 4) is 42.5 Å². The SMILES string of the molecule is COc1ccc(N(c2ccc(OC)cc2)c2cc3cc4sc(-c5sc(-c6cc7cc8sc(N(c9ccc(OC)cc9)c9ccc(OC)cc9)cc8cc7s6)c6nc7c8ccccc8c8ccccc8c7nc56)cc4cc3s2)cc1. The molecule has 15 rings (SSSR count). The van der Waals surface area contributed by atoms with E-state index in [1.807, 2.05) is 82.5 Å². The van der Waals surface area contributed by atoms with Crippen LogP contribution >= 0.6 is 56.7 Å². The minimum Gasteiger partial charge on any atom is -0.497 e. The van der Waals surface area contributed by atoms with Gasteiger partial charge in [0.05, 0.1) is 49.2 Å². The fraction of sp³-hybridized carbons (Fsp3) is 0.0606. The first-order valence-electron chi connectivity index (χ1n) is 25.5. The Labute approximate surface area is 473 Å². The van der Waals surface area contributed by atoms with E-state index in [0.29, 0.717) is 0 Å². The van der Waals surface area contributed by atoms with Crippen LogP contribution in [-0.2, 0) is 0 Å². The highest BCUT2D eigenvalue weighted by atomic mass is 32.1. The lowest BCUT2D eigenvalue weighted by Gasteiger charge is -2.24. The maximum Gasteiger partial charge on any atom is 0.119 e. The molecule has 15 aromatic rings. The monoisotopic (exact) mass is 1120 g/mol. The Bertz CT molecular complexity index is 4350. The van der Waals surface area contributed by atoms with E-state index < -0.39 is 0 Å². The molecule has 79 heavy (non-hydrogen) atoms. The average Bonchev–Trinajstić information content (AvgIpc) is 4.44. The first-order valence-corrected chi connectivity index (χ1v) is 29.6. The highest BCUT2D eigenvalue weighted by Crippen LogP contribution is 2.52. The van der Waals surface area contributed by atoms with Crippen molar-refractivity contribution in [3.63, 3.8) is 0 Å². The van der Waals surface area contributed by atoms with Gasteiger partial charge in [0, 0.05) is 62.1 Å². The number of fused-ring (bicyclic) bond motifs is 11. The van der Waals surface area contributed by atoms with Crippen LogP contribution in [0.15, 0.2) is 194 Å². The van der Waals surface area contributed by atoms with Gasteiger partial charge in [0.25, 0.3) is 0 Å². The predicted molar refractivity (Wildman–Crippen MR) is 338 cm³/mol. The molecule has 0 fully saturated rings. The van der Waals surface area contributed by atoms with Gasteiger partial charge in [-0.2, -0.15) is 0 Å². The van der Waals surface area contributed by atoms with Crippen molar-refractivity contribution in [3.05, 3.63) is 194 Å². The van der Waals surface area contributed by atoms with Crippen molar-refractivity contribution in [2.75, 3.05) is 38.2 Å². The minimum absolute atomic E-state index is 0.816. The van der Waals surface area contributed by atoms with Crippen molar-refractivity contribution in [1.29, 1.82) is 0 Å². The summed E-state index contributed by atoms with van der Waals surface area (Å²) in [6, 6.07) is 68.9. The maximum absolute atomic E-state index is 5.71. The van der Waals surface area contributed by atoms with Crippen LogP contribution in [0.25, 0.3) is 103 Å². The second kappa shape index (κ2) is 19.1. The normalized spacial score (nSPS) is 11.8. The summed E-state index contributed by atoms with van der Waals surface area (Å²) in [5.41, 5.74) is 7.88. The molecule has 0 N–H and O–H groups in total. The summed E-state index contributed by atoms with van der Waals surface area (Å²) >= 11 is 9.03. The van der Waals surface area contributed by atoms with Gasteiger partial charge in [0.2, 0.25) is 0 Å². The summed E-state index contributed by atoms with van der Waals surface area (Å²) in [5, 5.41) is 11.6. The highest BCUT2D eigenvalue weighted by molar-refractivity contribution is 7.31. The van der Waals surface area contributed by atoms with Crippen LogP contribution in [0.5, 0.6) is 23.0 Å². The third kappa shape index (κ3) is 8.10. The molecule has 6 heterocycles. The van der Waals surface area contributed by atoms with E-state index in [0.717, 1.165) is 98.3 Å².